The number of hydrogen-bond donors (Lipinski definition) is 3. The molecule has 0 heterocycles. The number of hydrogen-bond acceptors (Lipinski definition) is 3. The molecule has 29 heavy (non-hydrogen) atoms. The van der Waals surface area contributed by atoms with Gasteiger partial charge in [0, 0.05) is 6.42 Å². The molecule has 3 N–H and O–H groups in total. The number of carboxylic acid groups (broad SMARTS) is 1. The minimum atomic E-state index is -0.692. The topological polar surface area (TPSA) is 77.8 Å². The first-order valence-electron chi connectivity index (χ1n) is 12.1. The van der Waals surface area contributed by atoms with Crippen molar-refractivity contribution in [2.45, 2.75) is 104 Å². The molecule has 0 aromatic heterocycles. The highest BCUT2D eigenvalue weighted by atomic mass is 16.4. The Kier molecular flexibility index (Phi) is 5.38. The molecule has 4 aliphatic rings. The maximum Gasteiger partial charge on any atom is 0.303 e. The summed E-state index contributed by atoms with van der Waals surface area (Å²) < 4.78 is 0. The lowest BCUT2D eigenvalue weighted by molar-refractivity contribution is -0.210. The van der Waals surface area contributed by atoms with Gasteiger partial charge in [0.05, 0.1) is 11.7 Å². The minimum absolute atomic E-state index is 0.139. The van der Waals surface area contributed by atoms with Gasteiger partial charge in [-0.2, -0.15) is 0 Å². The first-order valence-corrected chi connectivity index (χ1v) is 12.1. The lowest BCUT2D eigenvalue weighted by atomic mass is 9.41. The van der Waals surface area contributed by atoms with Crippen molar-refractivity contribution in [1.29, 1.82) is 0 Å². The standard InChI is InChI=1S/C25H42O4/c1-15(5-8-22(27)28)18-6-7-19-17-14-25(4,29)21-13-16(26)9-11-24(21,3)20(17)10-12-23(18,19)2/h15-21,26,29H,5-14H2,1-4H3,(H,27,28)/t15-,16-,17+,18-,19+,20+,21?,23-,24-,25?/m1/s1. The van der Waals surface area contributed by atoms with E-state index in [4.69, 9.17) is 5.11 Å². The summed E-state index contributed by atoms with van der Waals surface area (Å²) in [5.74, 6) is 2.46. The molecule has 0 saturated heterocycles. The van der Waals surface area contributed by atoms with Gasteiger partial charge in [-0.3, -0.25) is 4.79 Å². The Bertz CT molecular complexity index is 645. The van der Waals surface area contributed by atoms with Crippen LogP contribution in [-0.2, 0) is 4.79 Å². The van der Waals surface area contributed by atoms with E-state index in [0.717, 1.165) is 32.1 Å². The molecule has 0 spiro atoms. The van der Waals surface area contributed by atoms with Gasteiger partial charge >= 0.3 is 5.97 Å². The SMILES string of the molecule is C[C@H](CCC(=O)O)[C@H]1CC[C@H]2[C@@H]3CC(C)(O)C4C[C@H](O)CC[C@]4(C)[C@H]3CC[C@]12C. The molecule has 4 aliphatic carbocycles. The van der Waals surface area contributed by atoms with E-state index in [2.05, 4.69) is 20.8 Å². The molecular formula is C25H42O4. The Labute approximate surface area is 176 Å². The average molecular weight is 407 g/mol. The third kappa shape index (κ3) is 3.37. The van der Waals surface area contributed by atoms with Gasteiger partial charge in [0.1, 0.15) is 0 Å². The molecule has 0 bridgehead atoms. The highest BCUT2D eigenvalue weighted by molar-refractivity contribution is 5.66. The summed E-state index contributed by atoms with van der Waals surface area (Å²) in [5, 5.41) is 31.0. The Balaban J connectivity index is 1.59. The van der Waals surface area contributed by atoms with Crippen molar-refractivity contribution in [3.05, 3.63) is 0 Å². The number of aliphatic hydroxyl groups excluding tert-OH is 1. The Morgan fingerprint density at radius 1 is 1.03 bits per heavy atom. The van der Waals surface area contributed by atoms with E-state index in [1.54, 1.807) is 0 Å². The summed E-state index contributed by atoms with van der Waals surface area (Å²) in [4.78, 5) is 11.1. The third-order valence-electron chi connectivity index (χ3n) is 10.6. The number of carboxylic acids is 1. The van der Waals surface area contributed by atoms with Gasteiger partial charge in [-0.25, -0.2) is 0 Å². The van der Waals surface area contributed by atoms with Crippen LogP contribution >= 0.6 is 0 Å². The second kappa shape index (κ2) is 7.22. The second-order valence-corrected chi connectivity index (χ2v) is 12.1. The highest BCUT2D eigenvalue weighted by Gasteiger charge is 2.64. The molecule has 0 aromatic carbocycles. The van der Waals surface area contributed by atoms with Crippen LogP contribution in [0, 0.1) is 46.3 Å². The number of carbonyl (C=O) groups is 1. The van der Waals surface area contributed by atoms with E-state index in [1.807, 2.05) is 6.92 Å². The predicted octanol–water partition coefficient (Wildman–Crippen LogP) is 4.87. The Hall–Kier alpha value is -0.610. The van der Waals surface area contributed by atoms with Gasteiger partial charge in [0.2, 0.25) is 0 Å². The fourth-order valence-corrected chi connectivity index (χ4v) is 9.26. The minimum Gasteiger partial charge on any atom is -0.481 e. The molecule has 4 heteroatoms. The van der Waals surface area contributed by atoms with Crippen LogP contribution in [0.4, 0.5) is 0 Å². The van der Waals surface area contributed by atoms with E-state index < -0.39 is 11.6 Å². The van der Waals surface area contributed by atoms with Crippen LogP contribution in [0.5, 0.6) is 0 Å². The number of aliphatic carboxylic acids is 1. The molecule has 0 amide bonds. The normalized spacial score (nSPS) is 52.9. The van der Waals surface area contributed by atoms with Crippen molar-refractivity contribution in [3.8, 4) is 0 Å². The molecular weight excluding hydrogens is 364 g/mol. The molecule has 0 aromatic rings. The first kappa shape index (κ1) is 21.6. The van der Waals surface area contributed by atoms with Crippen LogP contribution in [0.3, 0.4) is 0 Å². The van der Waals surface area contributed by atoms with E-state index >= 15 is 0 Å². The molecule has 10 atom stereocenters. The summed E-state index contributed by atoms with van der Waals surface area (Å²) in [5.41, 5.74) is -0.269. The summed E-state index contributed by atoms with van der Waals surface area (Å²) >= 11 is 0. The summed E-state index contributed by atoms with van der Waals surface area (Å²) in [6.45, 7) is 9.21. The average Bonchev–Trinajstić information content (AvgIpc) is 2.98. The summed E-state index contributed by atoms with van der Waals surface area (Å²) in [6.07, 6.45) is 9.28. The van der Waals surface area contributed by atoms with Gasteiger partial charge < -0.3 is 15.3 Å². The van der Waals surface area contributed by atoms with Crippen molar-refractivity contribution in [2.24, 2.45) is 46.3 Å². The van der Waals surface area contributed by atoms with Crippen LogP contribution < -0.4 is 0 Å². The Morgan fingerprint density at radius 2 is 1.69 bits per heavy atom. The molecule has 166 valence electrons. The van der Waals surface area contributed by atoms with Crippen LogP contribution in [0.15, 0.2) is 0 Å². The van der Waals surface area contributed by atoms with Gasteiger partial charge in [0.15, 0.2) is 0 Å². The summed E-state index contributed by atoms with van der Waals surface area (Å²) in [6, 6.07) is 0. The van der Waals surface area contributed by atoms with Gasteiger partial charge in [-0.1, -0.05) is 20.8 Å². The van der Waals surface area contributed by atoms with Crippen LogP contribution in [-0.4, -0.2) is 33.0 Å². The van der Waals surface area contributed by atoms with Gasteiger partial charge in [-0.15, -0.1) is 0 Å². The van der Waals surface area contributed by atoms with Crippen molar-refractivity contribution in [2.75, 3.05) is 0 Å². The summed E-state index contributed by atoms with van der Waals surface area (Å²) in [7, 11) is 0. The van der Waals surface area contributed by atoms with Crippen molar-refractivity contribution >= 4 is 5.97 Å². The van der Waals surface area contributed by atoms with Gasteiger partial charge in [0.25, 0.3) is 0 Å². The fourth-order valence-electron chi connectivity index (χ4n) is 9.26. The maximum atomic E-state index is 11.5. The quantitative estimate of drug-likeness (QED) is 0.622. The second-order valence-electron chi connectivity index (χ2n) is 12.1. The van der Waals surface area contributed by atoms with E-state index in [1.165, 1.54) is 25.7 Å². The number of rotatable bonds is 4. The van der Waals surface area contributed by atoms with E-state index in [9.17, 15) is 15.0 Å². The van der Waals surface area contributed by atoms with Crippen molar-refractivity contribution in [3.63, 3.8) is 0 Å². The molecule has 0 radical (unpaired) electrons. The van der Waals surface area contributed by atoms with Crippen molar-refractivity contribution in [1.82, 2.24) is 0 Å². The zero-order valence-electron chi connectivity index (χ0n) is 18.9. The van der Waals surface area contributed by atoms with Crippen LogP contribution in [0.25, 0.3) is 0 Å². The van der Waals surface area contributed by atoms with E-state index in [0.29, 0.717) is 29.6 Å². The monoisotopic (exact) mass is 406 g/mol. The third-order valence-corrected chi connectivity index (χ3v) is 10.6. The highest BCUT2D eigenvalue weighted by Crippen LogP contribution is 2.69. The lowest BCUT2D eigenvalue weighted by Gasteiger charge is -2.65. The molecule has 4 rings (SSSR count). The predicted molar refractivity (Wildman–Crippen MR) is 113 cm³/mol. The van der Waals surface area contributed by atoms with Crippen molar-refractivity contribution < 1.29 is 20.1 Å². The zero-order valence-corrected chi connectivity index (χ0v) is 18.9. The molecule has 4 saturated carbocycles. The zero-order chi connectivity index (χ0) is 21.2. The molecule has 2 unspecified atom stereocenters. The van der Waals surface area contributed by atoms with Crippen LogP contribution in [0.2, 0.25) is 0 Å². The largest absolute Gasteiger partial charge is 0.481 e. The molecule has 4 fully saturated rings. The smallest absolute Gasteiger partial charge is 0.303 e. The number of aliphatic hydroxyl groups is 2. The van der Waals surface area contributed by atoms with Gasteiger partial charge in [-0.05, 0) is 111 Å². The van der Waals surface area contributed by atoms with E-state index in [-0.39, 0.29) is 29.3 Å². The lowest BCUT2D eigenvalue weighted by Crippen LogP contribution is -2.62. The number of fused-ring (bicyclic) bond motifs is 5. The molecule has 4 nitrogen and oxygen atoms in total. The Morgan fingerprint density at radius 3 is 2.38 bits per heavy atom. The van der Waals surface area contributed by atoms with Crippen LogP contribution in [0.1, 0.15) is 91.9 Å². The fraction of sp³-hybridized carbons (Fsp3) is 0.960. The first-order chi connectivity index (χ1) is 13.5. The molecule has 0 aliphatic heterocycles. The maximum absolute atomic E-state index is 11.5.